The summed E-state index contributed by atoms with van der Waals surface area (Å²) in [5, 5.41) is 0. The highest BCUT2D eigenvalue weighted by molar-refractivity contribution is 5.88. The summed E-state index contributed by atoms with van der Waals surface area (Å²) in [5.74, 6) is 4.57. The molecule has 0 radical (unpaired) electrons. The van der Waals surface area contributed by atoms with Crippen LogP contribution in [0.2, 0.25) is 0 Å². The average molecular weight is 188 g/mol. The van der Waals surface area contributed by atoms with E-state index in [1.807, 2.05) is 5.43 Å². The molecule has 0 aromatic carbocycles. The zero-order valence-electron chi connectivity index (χ0n) is 5.29. The van der Waals surface area contributed by atoms with E-state index in [0.717, 1.165) is 12.8 Å². The Bertz CT molecular complexity index is 126. The van der Waals surface area contributed by atoms with E-state index in [1.54, 1.807) is 0 Å². The number of amides is 1. The first-order chi connectivity index (χ1) is 3.69. The Morgan fingerprint density at radius 2 is 1.80 bits per heavy atom. The summed E-state index contributed by atoms with van der Waals surface area (Å²) in [7, 11) is 0. The molecule has 62 valence electrons. The Balaban J connectivity index is 0. The third-order valence-electron chi connectivity index (χ3n) is 1.37. The van der Waals surface area contributed by atoms with Crippen molar-refractivity contribution in [2.24, 2.45) is 11.6 Å². The molecule has 10 heavy (non-hydrogen) atoms. The molecule has 5 N–H and O–H groups in total. The highest BCUT2D eigenvalue weighted by atomic mass is 35.5. The first-order valence-electron chi connectivity index (χ1n) is 2.49. The number of halogens is 2. The number of hydrogen-bond acceptors (Lipinski definition) is 3. The van der Waals surface area contributed by atoms with E-state index < -0.39 is 5.54 Å². The number of carbonyl (C=O) groups is 1. The molecule has 1 amide bonds. The Hall–Kier alpha value is -0.0300. The van der Waals surface area contributed by atoms with Gasteiger partial charge in [-0.2, -0.15) is 0 Å². The smallest absolute Gasteiger partial charge is 0.253 e. The van der Waals surface area contributed by atoms with Crippen molar-refractivity contribution in [1.29, 1.82) is 0 Å². The van der Waals surface area contributed by atoms with Crippen LogP contribution in [0.1, 0.15) is 12.8 Å². The molecule has 0 aliphatic heterocycles. The highest BCUT2D eigenvalue weighted by Gasteiger charge is 2.45. The first-order valence-corrected chi connectivity index (χ1v) is 2.49. The highest BCUT2D eigenvalue weighted by Crippen LogP contribution is 2.31. The van der Waals surface area contributed by atoms with Crippen molar-refractivity contribution < 1.29 is 4.79 Å². The fourth-order valence-corrected chi connectivity index (χ4v) is 0.505. The molecule has 0 heterocycles. The van der Waals surface area contributed by atoms with E-state index in [9.17, 15) is 4.79 Å². The summed E-state index contributed by atoms with van der Waals surface area (Å²) in [6, 6.07) is 0. The molecule has 1 fully saturated rings. The first kappa shape index (κ1) is 12.6. The van der Waals surface area contributed by atoms with Gasteiger partial charge in [-0.15, -0.1) is 24.8 Å². The second kappa shape index (κ2) is 3.98. The Morgan fingerprint density at radius 1 is 1.40 bits per heavy atom. The predicted octanol–water partition coefficient (Wildman–Crippen LogP) is -0.689. The van der Waals surface area contributed by atoms with Gasteiger partial charge in [-0.25, -0.2) is 5.84 Å². The lowest BCUT2D eigenvalue weighted by Gasteiger charge is -2.03. The van der Waals surface area contributed by atoms with Crippen LogP contribution in [0.4, 0.5) is 0 Å². The molecule has 0 aromatic heterocycles. The van der Waals surface area contributed by atoms with Crippen LogP contribution in [0.25, 0.3) is 0 Å². The van der Waals surface area contributed by atoms with Gasteiger partial charge in [0.2, 0.25) is 0 Å². The van der Waals surface area contributed by atoms with E-state index in [1.165, 1.54) is 0 Å². The molecule has 0 atom stereocenters. The largest absolute Gasteiger partial charge is 0.317 e. The van der Waals surface area contributed by atoms with E-state index in [4.69, 9.17) is 11.6 Å². The maximum absolute atomic E-state index is 10.5. The molecule has 0 saturated heterocycles. The molecule has 0 bridgehead atoms. The molecule has 1 aliphatic carbocycles. The van der Waals surface area contributed by atoms with Gasteiger partial charge in [0.15, 0.2) is 0 Å². The van der Waals surface area contributed by atoms with Crippen molar-refractivity contribution in [1.82, 2.24) is 5.43 Å². The topological polar surface area (TPSA) is 81.1 Å². The van der Waals surface area contributed by atoms with Gasteiger partial charge >= 0.3 is 0 Å². The zero-order chi connectivity index (χ0) is 6.20. The second-order valence-corrected chi connectivity index (χ2v) is 2.13. The fraction of sp³-hybridized carbons (Fsp3) is 0.750. The third kappa shape index (κ3) is 2.30. The maximum atomic E-state index is 10.5. The number of hydrogen-bond donors (Lipinski definition) is 3. The second-order valence-electron chi connectivity index (χ2n) is 2.13. The normalized spacial score (nSPS) is 17.8. The van der Waals surface area contributed by atoms with Crippen molar-refractivity contribution in [3.63, 3.8) is 0 Å². The van der Waals surface area contributed by atoms with Gasteiger partial charge in [-0.3, -0.25) is 10.2 Å². The summed E-state index contributed by atoms with van der Waals surface area (Å²) in [6.45, 7) is 0. The third-order valence-corrected chi connectivity index (χ3v) is 1.37. The van der Waals surface area contributed by atoms with Crippen LogP contribution in [0, 0.1) is 0 Å². The minimum Gasteiger partial charge on any atom is -0.317 e. The molecular formula is C4H11Cl2N3O. The maximum Gasteiger partial charge on any atom is 0.253 e. The van der Waals surface area contributed by atoms with Crippen LogP contribution in [-0.2, 0) is 4.79 Å². The zero-order valence-corrected chi connectivity index (χ0v) is 6.93. The van der Waals surface area contributed by atoms with Crippen molar-refractivity contribution in [2.45, 2.75) is 18.4 Å². The van der Waals surface area contributed by atoms with Crippen LogP contribution in [-0.4, -0.2) is 11.4 Å². The fourth-order valence-electron chi connectivity index (χ4n) is 0.505. The van der Waals surface area contributed by atoms with Crippen LogP contribution < -0.4 is 17.0 Å². The quantitative estimate of drug-likeness (QED) is 0.289. The standard InChI is InChI=1S/C4H9N3O.2ClH/c5-4(1-2-4)3(8)7-6;;/h1-2,5-6H2,(H,7,8);2*1H. The van der Waals surface area contributed by atoms with Crippen LogP contribution in [0.15, 0.2) is 0 Å². The van der Waals surface area contributed by atoms with Crippen molar-refractivity contribution in [3.8, 4) is 0 Å². The molecule has 1 rings (SSSR count). The number of nitrogens with one attached hydrogen (secondary N) is 1. The summed E-state index contributed by atoms with van der Waals surface area (Å²) < 4.78 is 0. The molecule has 1 aliphatic rings. The van der Waals surface area contributed by atoms with Crippen LogP contribution >= 0.6 is 24.8 Å². The SMILES string of the molecule is Cl.Cl.NNC(=O)C1(N)CC1. The molecule has 4 nitrogen and oxygen atoms in total. The van der Waals surface area contributed by atoms with Gasteiger partial charge in [0, 0.05) is 0 Å². The molecule has 0 aromatic rings. The lowest BCUT2D eigenvalue weighted by Crippen LogP contribution is -2.45. The summed E-state index contributed by atoms with van der Waals surface area (Å²) in [6.07, 6.45) is 1.52. The van der Waals surface area contributed by atoms with Gasteiger partial charge in [0.1, 0.15) is 0 Å². The summed E-state index contributed by atoms with van der Waals surface area (Å²) in [4.78, 5) is 10.5. The van der Waals surface area contributed by atoms with E-state index in [-0.39, 0.29) is 30.7 Å². The minimum absolute atomic E-state index is 0. The summed E-state index contributed by atoms with van der Waals surface area (Å²) in [5.41, 5.74) is 6.80. The van der Waals surface area contributed by atoms with Gasteiger partial charge in [-0.05, 0) is 12.8 Å². The Kier molecular flexibility index (Phi) is 5.02. The van der Waals surface area contributed by atoms with Gasteiger partial charge < -0.3 is 5.73 Å². The van der Waals surface area contributed by atoms with E-state index >= 15 is 0 Å². The monoisotopic (exact) mass is 187 g/mol. The van der Waals surface area contributed by atoms with E-state index in [2.05, 4.69) is 0 Å². The van der Waals surface area contributed by atoms with Crippen molar-refractivity contribution in [2.75, 3.05) is 0 Å². The number of carbonyl (C=O) groups excluding carboxylic acids is 1. The van der Waals surface area contributed by atoms with E-state index in [0.29, 0.717) is 0 Å². The van der Waals surface area contributed by atoms with Gasteiger partial charge in [0.05, 0.1) is 5.54 Å². The Morgan fingerprint density at radius 3 is 1.90 bits per heavy atom. The molecule has 0 unspecified atom stereocenters. The minimum atomic E-state index is -0.616. The average Bonchev–Trinajstić information content (AvgIpc) is 2.47. The molecular weight excluding hydrogens is 177 g/mol. The number of nitrogens with two attached hydrogens (primary N) is 2. The van der Waals surface area contributed by atoms with Crippen LogP contribution in [0.5, 0.6) is 0 Å². The predicted molar refractivity (Wildman–Crippen MR) is 43.0 cm³/mol. The van der Waals surface area contributed by atoms with Crippen molar-refractivity contribution in [3.05, 3.63) is 0 Å². The Labute approximate surface area is 71.5 Å². The summed E-state index contributed by atoms with van der Waals surface area (Å²) >= 11 is 0. The molecule has 0 spiro atoms. The van der Waals surface area contributed by atoms with Crippen molar-refractivity contribution >= 4 is 30.7 Å². The van der Waals surface area contributed by atoms with Gasteiger partial charge in [-0.1, -0.05) is 0 Å². The number of hydrazine groups is 1. The van der Waals surface area contributed by atoms with Gasteiger partial charge in [0.25, 0.3) is 5.91 Å². The molecule has 1 saturated carbocycles. The lowest BCUT2D eigenvalue weighted by molar-refractivity contribution is -0.123. The lowest BCUT2D eigenvalue weighted by atomic mass is 10.3. The van der Waals surface area contributed by atoms with Crippen LogP contribution in [0.3, 0.4) is 0 Å². The molecule has 6 heteroatoms. The number of rotatable bonds is 1.